The molecule has 0 aromatic heterocycles. The van der Waals surface area contributed by atoms with Crippen LogP contribution < -0.4 is 10.6 Å². The number of guanidine groups is 1. The number of aliphatic imine (C=N–C) groups is 1. The summed E-state index contributed by atoms with van der Waals surface area (Å²) in [6.45, 7) is 4.08. The molecule has 2 rings (SSSR count). The molecule has 2 N–H and O–H groups in total. The van der Waals surface area contributed by atoms with Gasteiger partial charge in [0.25, 0.3) is 0 Å². The van der Waals surface area contributed by atoms with E-state index in [4.69, 9.17) is 0 Å². The van der Waals surface area contributed by atoms with Crippen molar-refractivity contribution < 1.29 is 0 Å². The molecule has 0 aromatic carbocycles. The third-order valence-electron chi connectivity index (χ3n) is 3.79. The fourth-order valence-corrected chi connectivity index (χ4v) is 2.58. The van der Waals surface area contributed by atoms with Crippen LogP contribution in [0.3, 0.4) is 0 Å². The molecule has 0 heterocycles. The van der Waals surface area contributed by atoms with Crippen molar-refractivity contribution in [1.29, 1.82) is 0 Å². The zero-order valence-corrected chi connectivity index (χ0v) is 11.2. The van der Waals surface area contributed by atoms with Crippen molar-refractivity contribution in [2.75, 3.05) is 13.1 Å². The molecule has 0 spiro atoms. The molecule has 0 amide bonds. The molecular weight excluding hydrogens is 210 g/mol. The predicted molar refractivity (Wildman–Crippen MR) is 73.3 cm³/mol. The highest BCUT2D eigenvalue weighted by Crippen LogP contribution is 2.26. The zero-order chi connectivity index (χ0) is 11.9. The number of hydrogen-bond acceptors (Lipinski definition) is 1. The van der Waals surface area contributed by atoms with Gasteiger partial charge in [0, 0.05) is 19.1 Å². The van der Waals surface area contributed by atoms with Crippen LogP contribution in [-0.2, 0) is 0 Å². The Kier molecular flexibility index (Phi) is 5.14. The van der Waals surface area contributed by atoms with Crippen molar-refractivity contribution in [3.8, 4) is 0 Å². The Morgan fingerprint density at radius 2 is 1.88 bits per heavy atom. The summed E-state index contributed by atoms with van der Waals surface area (Å²) in [6.07, 6.45) is 11.1. The first-order valence-corrected chi connectivity index (χ1v) is 7.43. The van der Waals surface area contributed by atoms with E-state index >= 15 is 0 Å². The first-order valence-electron chi connectivity index (χ1n) is 7.43. The maximum atomic E-state index is 4.68. The predicted octanol–water partition coefficient (Wildman–Crippen LogP) is 2.67. The molecule has 0 radical (unpaired) electrons. The Morgan fingerprint density at radius 3 is 2.53 bits per heavy atom. The average molecular weight is 237 g/mol. The van der Waals surface area contributed by atoms with Gasteiger partial charge >= 0.3 is 0 Å². The first-order chi connectivity index (χ1) is 8.38. The van der Waals surface area contributed by atoms with Crippen LogP contribution >= 0.6 is 0 Å². The minimum absolute atomic E-state index is 0.697. The van der Waals surface area contributed by atoms with Crippen LogP contribution in [-0.4, -0.2) is 25.1 Å². The third-order valence-corrected chi connectivity index (χ3v) is 3.79. The smallest absolute Gasteiger partial charge is 0.191 e. The molecule has 0 bridgehead atoms. The quantitative estimate of drug-likeness (QED) is 0.570. The molecule has 0 saturated heterocycles. The maximum absolute atomic E-state index is 4.68. The van der Waals surface area contributed by atoms with Crippen LogP contribution in [0.15, 0.2) is 4.99 Å². The second kappa shape index (κ2) is 6.87. The molecule has 17 heavy (non-hydrogen) atoms. The normalized spacial score (nSPS) is 22.5. The lowest BCUT2D eigenvalue weighted by molar-refractivity contribution is 0.343. The van der Waals surface area contributed by atoms with Gasteiger partial charge in [0.1, 0.15) is 0 Å². The summed E-state index contributed by atoms with van der Waals surface area (Å²) < 4.78 is 0. The van der Waals surface area contributed by atoms with Gasteiger partial charge < -0.3 is 10.6 Å². The molecule has 0 aliphatic heterocycles. The van der Waals surface area contributed by atoms with Crippen molar-refractivity contribution in [2.24, 2.45) is 10.9 Å². The van der Waals surface area contributed by atoms with Gasteiger partial charge in [0.05, 0.1) is 0 Å². The van der Waals surface area contributed by atoms with Crippen LogP contribution in [0.5, 0.6) is 0 Å². The average Bonchev–Trinajstić information content (AvgIpc) is 3.15. The molecule has 98 valence electrons. The van der Waals surface area contributed by atoms with E-state index in [2.05, 4.69) is 22.5 Å². The summed E-state index contributed by atoms with van der Waals surface area (Å²) in [5, 5.41) is 6.80. The number of nitrogens with one attached hydrogen (secondary N) is 2. The second-order valence-electron chi connectivity index (χ2n) is 5.47. The van der Waals surface area contributed by atoms with Gasteiger partial charge in [0.15, 0.2) is 5.96 Å². The Bertz CT molecular complexity index is 240. The van der Waals surface area contributed by atoms with Crippen LogP contribution in [0, 0.1) is 5.92 Å². The summed E-state index contributed by atoms with van der Waals surface area (Å²) in [4.78, 5) is 4.68. The van der Waals surface area contributed by atoms with E-state index in [9.17, 15) is 0 Å². The molecule has 0 atom stereocenters. The van der Waals surface area contributed by atoms with Gasteiger partial charge in [-0.15, -0.1) is 0 Å². The molecule has 3 nitrogen and oxygen atoms in total. The lowest BCUT2D eigenvalue weighted by Crippen LogP contribution is -2.38. The summed E-state index contributed by atoms with van der Waals surface area (Å²) in [5.41, 5.74) is 0. The molecular formula is C14H27N3. The standard InChI is InChI=1S/C14H27N3/c1-2-15-14(17-13-8-9-13)16-11-10-12-6-4-3-5-7-12/h12-13H,2-11H2,1H3,(H2,15,16,17). The van der Waals surface area contributed by atoms with E-state index in [0.29, 0.717) is 6.04 Å². The van der Waals surface area contributed by atoms with Gasteiger partial charge in [-0.05, 0) is 32.1 Å². The highest BCUT2D eigenvalue weighted by Gasteiger charge is 2.22. The molecule has 2 fully saturated rings. The lowest BCUT2D eigenvalue weighted by atomic mass is 9.87. The van der Waals surface area contributed by atoms with E-state index in [0.717, 1.165) is 25.0 Å². The topological polar surface area (TPSA) is 36.4 Å². The fraction of sp³-hybridized carbons (Fsp3) is 0.929. The van der Waals surface area contributed by atoms with E-state index in [1.807, 2.05) is 0 Å². The van der Waals surface area contributed by atoms with Crippen molar-refractivity contribution in [2.45, 2.75) is 64.3 Å². The highest BCUT2D eigenvalue weighted by molar-refractivity contribution is 5.80. The van der Waals surface area contributed by atoms with Crippen LogP contribution in [0.4, 0.5) is 0 Å². The summed E-state index contributed by atoms with van der Waals surface area (Å²) >= 11 is 0. The van der Waals surface area contributed by atoms with Crippen molar-refractivity contribution >= 4 is 5.96 Å². The summed E-state index contributed by atoms with van der Waals surface area (Å²) in [7, 11) is 0. The molecule has 2 aliphatic carbocycles. The molecule has 0 aromatic rings. The van der Waals surface area contributed by atoms with E-state index in [-0.39, 0.29) is 0 Å². The minimum Gasteiger partial charge on any atom is -0.357 e. The van der Waals surface area contributed by atoms with Crippen molar-refractivity contribution in [3.05, 3.63) is 0 Å². The van der Waals surface area contributed by atoms with Crippen LogP contribution in [0.1, 0.15) is 58.3 Å². The monoisotopic (exact) mass is 237 g/mol. The number of nitrogens with zero attached hydrogens (tertiary/aromatic N) is 1. The number of hydrogen-bond donors (Lipinski definition) is 2. The van der Waals surface area contributed by atoms with Crippen molar-refractivity contribution in [3.63, 3.8) is 0 Å². The van der Waals surface area contributed by atoms with Gasteiger partial charge in [-0.1, -0.05) is 32.1 Å². The highest BCUT2D eigenvalue weighted by atomic mass is 15.2. The Hall–Kier alpha value is -0.730. The maximum Gasteiger partial charge on any atom is 0.191 e. The summed E-state index contributed by atoms with van der Waals surface area (Å²) in [5.74, 6) is 1.97. The summed E-state index contributed by atoms with van der Waals surface area (Å²) in [6, 6.07) is 0.697. The van der Waals surface area contributed by atoms with Gasteiger partial charge in [-0.25, -0.2) is 0 Å². The van der Waals surface area contributed by atoms with E-state index < -0.39 is 0 Å². The Morgan fingerprint density at radius 1 is 1.12 bits per heavy atom. The Balaban J connectivity index is 1.67. The van der Waals surface area contributed by atoms with Gasteiger partial charge in [-0.2, -0.15) is 0 Å². The van der Waals surface area contributed by atoms with E-state index in [1.54, 1.807) is 0 Å². The lowest BCUT2D eigenvalue weighted by Gasteiger charge is -2.20. The SMILES string of the molecule is CCNC(=NCCC1CCCCC1)NC1CC1. The molecule has 0 unspecified atom stereocenters. The fourth-order valence-electron chi connectivity index (χ4n) is 2.58. The minimum atomic E-state index is 0.697. The largest absolute Gasteiger partial charge is 0.357 e. The van der Waals surface area contributed by atoms with Crippen LogP contribution in [0.25, 0.3) is 0 Å². The third kappa shape index (κ3) is 4.97. The molecule has 2 saturated carbocycles. The first kappa shape index (κ1) is 12.7. The molecule has 2 aliphatic rings. The van der Waals surface area contributed by atoms with Crippen LogP contribution in [0.2, 0.25) is 0 Å². The van der Waals surface area contributed by atoms with E-state index in [1.165, 1.54) is 51.4 Å². The van der Waals surface area contributed by atoms with Gasteiger partial charge in [-0.3, -0.25) is 4.99 Å². The zero-order valence-electron chi connectivity index (χ0n) is 11.2. The Labute approximate surface area is 105 Å². The molecule has 3 heteroatoms. The van der Waals surface area contributed by atoms with Gasteiger partial charge in [0.2, 0.25) is 0 Å². The van der Waals surface area contributed by atoms with Crippen molar-refractivity contribution in [1.82, 2.24) is 10.6 Å². The second-order valence-corrected chi connectivity index (χ2v) is 5.47. The number of rotatable bonds is 5.